The molecular formula is C27H28O5. The van der Waals surface area contributed by atoms with Crippen LogP contribution in [0.1, 0.15) is 16.7 Å². The lowest BCUT2D eigenvalue weighted by molar-refractivity contribution is -0.421. The van der Waals surface area contributed by atoms with Crippen molar-refractivity contribution in [3.8, 4) is 0 Å². The minimum absolute atomic E-state index is 0.152. The molecule has 5 heteroatoms. The summed E-state index contributed by atoms with van der Waals surface area (Å²) in [5, 5.41) is 0. The molecule has 3 fully saturated rings. The zero-order valence-corrected chi connectivity index (χ0v) is 17.9. The fourth-order valence-electron chi connectivity index (χ4n) is 4.12. The van der Waals surface area contributed by atoms with Gasteiger partial charge in [0.2, 0.25) is 0 Å². The van der Waals surface area contributed by atoms with E-state index in [9.17, 15) is 0 Å². The maximum Gasteiger partial charge on any atom is 0.187 e. The van der Waals surface area contributed by atoms with E-state index in [1.165, 1.54) is 0 Å². The molecule has 3 aliphatic rings. The van der Waals surface area contributed by atoms with E-state index in [4.69, 9.17) is 23.7 Å². The largest absolute Gasteiger partial charge is 0.374 e. The van der Waals surface area contributed by atoms with Crippen LogP contribution in [-0.2, 0) is 43.5 Å². The van der Waals surface area contributed by atoms with Crippen LogP contribution < -0.4 is 0 Å². The molecule has 5 atom stereocenters. The lowest BCUT2D eigenvalue weighted by Gasteiger charge is -2.54. The van der Waals surface area contributed by atoms with Crippen molar-refractivity contribution in [1.82, 2.24) is 0 Å². The Morgan fingerprint density at radius 1 is 0.562 bits per heavy atom. The highest BCUT2D eigenvalue weighted by atomic mass is 16.8. The molecule has 3 aliphatic heterocycles. The van der Waals surface area contributed by atoms with Crippen LogP contribution in [0.4, 0.5) is 0 Å². The molecule has 5 nitrogen and oxygen atoms in total. The third-order valence-electron chi connectivity index (χ3n) is 5.85. The highest BCUT2D eigenvalue weighted by molar-refractivity contribution is 5.15. The summed E-state index contributed by atoms with van der Waals surface area (Å²) in [6, 6.07) is 30.4. The fraction of sp³-hybridized carbons (Fsp3) is 0.333. The molecule has 6 rings (SSSR count). The van der Waals surface area contributed by atoms with Crippen LogP contribution in [0.15, 0.2) is 91.0 Å². The molecule has 3 heterocycles. The number of hydrogen-bond acceptors (Lipinski definition) is 5. The van der Waals surface area contributed by atoms with Crippen LogP contribution in [-0.4, -0.2) is 37.3 Å². The molecule has 166 valence electrons. The molecule has 0 radical (unpaired) electrons. The van der Waals surface area contributed by atoms with Crippen molar-refractivity contribution >= 4 is 0 Å². The Kier molecular flexibility index (Phi) is 6.92. The van der Waals surface area contributed by atoms with E-state index in [0.29, 0.717) is 26.4 Å². The van der Waals surface area contributed by atoms with E-state index in [-0.39, 0.29) is 30.7 Å². The van der Waals surface area contributed by atoms with Gasteiger partial charge in [-0.1, -0.05) is 91.0 Å². The van der Waals surface area contributed by atoms with Gasteiger partial charge in [0, 0.05) is 0 Å². The van der Waals surface area contributed by atoms with E-state index in [2.05, 4.69) is 36.4 Å². The van der Waals surface area contributed by atoms with Gasteiger partial charge in [-0.2, -0.15) is 0 Å². The van der Waals surface area contributed by atoms with Gasteiger partial charge < -0.3 is 23.7 Å². The highest BCUT2D eigenvalue weighted by Crippen LogP contribution is 2.39. The summed E-state index contributed by atoms with van der Waals surface area (Å²) < 4.78 is 30.6. The minimum atomic E-state index is -0.384. The maximum atomic E-state index is 6.31. The van der Waals surface area contributed by atoms with Crippen molar-refractivity contribution in [3.05, 3.63) is 108 Å². The molecule has 3 saturated heterocycles. The molecule has 32 heavy (non-hydrogen) atoms. The second-order valence-corrected chi connectivity index (χ2v) is 8.17. The summed E-state index contributed by atoms with van der Waals surface area (Å²) in [6.07, 6.45) is -1.18. The quantitative estimate of drug-likeness (QED) is 0.472. The maximum absolute atomic E-state index is 6.31. The van der Waals surface area contributed by atoms with Crippen molar-refractivity contribution in [2.75, 3.05) is 6.61 Å². The van der Waals surface area contributed by atoms with Gasteiger partial charge in [0.05, 0.1) is 26.4 Å². The van der Waals surface area contributed by atoms with Gasteiger partial charge in [0.15, 0.2) is 6.29 Å². The average molecular weight is 433 g/mol. The lowest BCUT2D eigenvalue weighted by atomic mass is 9.93. The first kappa shape index (κ1) is 21.3. The van der Waals surface area contributed by atoms with E-state index < -0.39 is 0 Å². The fourth-order valence-corrected chi connectivity index (χ4v) is 4.12. The first-order valence-electron chi connectivity index (χ1n) is 11.1. The van der Waals surface area contributed by atoms with Crippen molar-refractivity contribution < 1.29 is 23.7 Å². The molecule has 0 amide bonds. The summed E-state index contributed by atoms with van der Waals surface area (Å²) in [5.74, 6) is 0. The molecule has 3 aromatic rings. The van der Waals surface area contributed by atoms with Crippen molar-refractivity contribution in [3.63, 3.8) is 0 Å². The Morgan fingerprint density at radius 2 is 1.06 bits per heavy atom. The number of ether oxygens (including phenoxy) is 5. The third kappa shape index (κ3) is 5.09. The predicted molar refractivity (Wildman–Crippen MR) is 120 cm³/mol. The standard InChI is InChI=1S/C27H28O5/c1-4-10-20(11-5-1)16-28-19-23-24(29-17-21-12-6-2-7-13-21)25-26(27(31-23)32-25)30-18-22-14-8-3-9-15-22/h1-15,23-27H,16-19H2/t23-,24-,25?,26+,27?/m1/s1. The van der Waals surface area contributed by atoms with Gasteiger partial charge >= 0.3 is 0 Å². The molecule has 0 spiro atoms. The van der Waals surface area contributed by atoms with Gasteiger partial charge in [0.1, 0.15) is 24.4 Å². The number of hydrogen-bond donors (Lipinski definition) is 0. The molecule has 2 unspecified atom stereocenters. The van der Waals surface area contributed by atoms with Crippen LogP contribution in [0.3, 0.4) is 0 Å². The Bertz CT molecular complexity index is 948. The lowest BCUT2D eigenvalue weighted by Crippen LogP contribution is -2.71. The van der Waals surface area contributed by atoms with Crippen LogP contribution in [0.5, 0.6) is 0 Å². The van der Waals surface area contributed by atoms with E-state index in [1.807, 2.05) is 54.6 Å². The van der Waals surface area contributed by atoms with Crippen LogP contribution in [0.25, 0.3) is 0 Å². The van der Waals surface area contributed by atoms with E-state index in [0.717, 1.165) is 16.7 Å². The number of fused-ring (bicyclic) bond motifs is 2. The average Bonchev–Trinajstić information content (AvgIpc) is 2.85. The molecule has 0 N–H and O–H groups in total. The first-order chi connectivity index (χ1) is 15.9. The molecule has 2 bridgehead atoms. The Labute approximate surface area is 188 Å². The summed E-state index contributed by atoms with van der Waals surface area (Å²) in [4.78, 5) is 0. The Balaban J connectivity index is 1.21. The van der Waals surface area contributed by atoms with Gasteiger partial charge in [-0.3, -0.25) is 0 Å². The monoisotopic (exact) mass is 432 g/mol. The van der Waals surface area contributed by atoms with Gasteiger partial charge in [-0.25, -0.2) is 0 Å². The summed E-state index contributed by atoms with van der Waals surface area (Å²) in [5.41, 5.74) is 3.37. The zero-order valence-electron chi connectivity index (χ0n) is 17.9. The van der Waals surface area contributed by atoms with E-state index >= 15 is 0 Å². The number of benzene rings is 3. The van der Waals surface area contributed by atoms with E-state index in [1.54, 1.807) is 0 Å². The topological polar surface area (TPSA) is 46.2 Å². The van der Waals surface area contributed by atoms with Crippen molar-refractivity contribution in [2.45, 2.75) is 50.5 Å². The Hall–Kier alpha value is -2.54. The molecular weight excluding hydrogens is 404 g/mol. The van der Waals surface area contributed by atoms with Gasteiger partial charge in [-0.05, 0) is 16.7 Å². The van der Waals surface area contributed by atoms with Crippen molar-refractivity contribution in [1.29, 1.82) is 0 Å². The molecule has 0 saturated carbocycles. The first-order valence-corrected chi connectivity index (χ1v) is 11.1. The second kappa shape index (κ2) is 10.4. The van der Waals surface area contributed by atoms with Crippen LogP contribution in [0, 0.1) is 0 Å². The third-order valence-corrected chi connectivity index (χ3v) is 5.85. The minimum Gasteiger partial charge on any atom is -0.374 e. The predicted octanol–water partition coefficient (Wildman–Crippen LogP) is 4.50. The Morgan fingerprint density at radius 3 is 1.62 bits per heavy atom. The summed E-state index contributed by atoms with van der Waals surface area (Å²) in [6.45, 7) is 1.98. The highest BCUT2D eigenvalue weighted by Gasteiger charge is 2.57. The van der Waals surface area contributed by atoms with Gasteiger partial charge in [-0.15, -0.1) is 0 Å². The molecule has 0 aliphatic carbocycles. The normalized spacial score (nSPS) is 26.4. The van der Waals surface area contributed by atoms with Crippen LogP contribution >= 0.6 is 0 Å². The smallest absolute Gasteiger partial charge is 0.187 e. The van der Waals surface area contributed by atoms with Crippen LogP contribution in [0.2, 0.25) is 0 Å². The van der Waals surface area contributed by atoms with Crippen molar-refractivity contribution in [2.24, 2.45) is 0 Å². The molecule has 0 aromatic heterocycles. The summed E-state index contributed by atoms with van der Waals surface area (Å²) in [7, 11) is 0. The SMILES string of the molecule is c1ccc(COC[C@H]2OC3OC([C@@H]3OCc3ccccc3)[C@@H]2OCc2ccccc2)cc1. The zero-order chi connectivity index (χ0) is 21.6. The van der Waals surface area contributed by atoms with Gasteiger partial charge in [0.25, 0.3) is 0 Å². The number of rotatable bonds is 10. The second-order valence-electron chi connectivity index (χ2n) is 8.17. The molecule has 3 aromatic carbocycles. The summed E-state index contributed by atoms with van der Waals surface area (Å²) >= 11 is 0.